The molecule has 0 fully saturated rings. The van der Waals surface area contributed by atoms with Crippen LogP contribution in [0.5, 0.6) is 11.5 Å². The third kappa shape index (κ3) is 3.85. The summed E-state index contributed by atoms with van der Waals surface area (Å²) in [6.45, 7) is 3.58. The van der Waals surface area contributed by atoms with Crippen molar-refractivity contribution in [1.82, 2.24) is 10.2 Å². The molecular weight excluding hydrogens is 304 g/mol. The zero-order valence-corrected chi connectivity index (χ0v) is 13.7. The Hall–Kier alpha value is -2.35. The molecule has 1 aromatic heterocycles. The van der Waals surface area contributed by atoms with E-state index < -0.39 is 6.04 Å². The highest BCUT2D eigenvalue weighted by Gasteiger charge is 2.17. The number of methoxy groups -OCH3 is 2. The maximum atomic E-state index is 12.2. The quantitative estimate of drug-likeness (QED) is 0.849. The van der Waals surface area contributed by atoms with Crippen LogP contribution in [-0.2, 0) is 4.79 Å². The Morgan fingerprint density at radius 1 is 1.27 bits per heavy atom. The summed E-state index contributed by atoms with van der Waals surface area (Å²) in [7, 11) is 3.15. The third-order valence-corrected chi connectivity index (χ3v) is 3.68. The summed E-state index contributed by atoms with van der Waals surface area (Å²) in [6, 6.07) is 4.86. The van der Waals surface area contributed by atoms with Crippen LogP contribution in [0.15, 0.2) is 18.2 Å². The van der Waals surface area contributed by atoms with Gasteiger partial charge in [-0.2, -0.15) is 0 Å². The van der Waals surface area contributed by atoms with Gasteiger partial charge in [0, 0.05) is 6.07 Å². The fourth-order valence-corrected chi connectivity index (χ4v) is 2.38. The molecule has 0 aliphatic heterocycles. The van der Waals surface area contributed by atoms with Crippen molar-refractivity contribution in [1.29, 1.82) is 0 Å². The van der Waals surface area contributed by atoms with Crippen LogP contribution in [-0.4, -0.2) is 36.4 Å². The molecule has 2 rings (SSSR count). The molecule has 1 atom stereocenters. The van der Waals surface area contributed by atoms with Gasteiger partial charge in [-0.3, -0.25) is 10.1 Å². The van der Waals surface area contributed by atoms with Crippen molar-refractivity contribution in [3.8, 4) is 11.5 Å². The summed E-state index contributed by atoms with van der Waals surface area (Å²) in [4.78, 5) is 12.2. The number of aryl methyl sites for hydroxylation is 1. The lowest BCUT2D eigenvalue weighted by Gasteiger charge is -2.17. The largest absolute Gasteiger partial charge is 0.497 e. The van der Waals surface area contributed by atoms with E-state index in [-0.39, 0.29) is 5.91 Å². The Balaban J connectivity index is 2.07. The van der Waals surface area contributed by atoms with Gasteiger partial charge in [-0.25, -0.2) is 0 Å². The van der Waals surface area contributed by atoms with E-state index in [0.717, 1.165) is 5.01 Å². The molecule has 8 heteroatoms. The Labute approximate surface area is 132 Å². The summed E-state index contributed by atoms with van der Waals surface area (Å²) in [5.41, 5.74) is 0.679. The molecule has 2 N–H and O–H groups in total. The van der Waals surface area contributed by atoms with E-state index in [9.17, 15) is 4.79 Å². The Bertz CT molecular complexity index is 659. The lowest BCUT2D eigenvalue weighted by molar-refractivity contribution is -0.116. The number of carbonyl (C=O) groups is 1. The van der Waals surface area contributed by atoms with Crippen molar-refractivity contribution in [2.75, 3.05) is 24.9 Å². The minimum Gasteiger partial charge on any atom is -0.497 e. The van der Waals surface area contributed by atoms with Crippen LogP contribution in [0, 0.1) is 6.92 Å². The molecule has 0 radical (unpaired) electrons. The number of rotatable bonds is 6. The first-order chi connectivity index (χ1) is 10.5. The van der Waals surface area contributed by atoms with E-state index in [0.29, 0.717) is 22.3 Å². The van der Waals surface area contributed by atoms with Crippen molar-refractivity contribution in [3.63, 3.8) is 0 Å². The van der Waals surface area contributed by atoms with Crippen LogP contribution in [0.2, 0.25) is 0 Å². The molecule has 0 bridgehead atoms. The second-order valence-electron chi connectivity index (χ2n) is 4.55. The van der Waals surface area contributed by atoms with E-state index in [1.54, 1.807) is 39.3 Å². The minimum absolute atomic E-state index is 0.207. The smallest absolute Gasteiger partial charge is 0.248 e. The third-order valence-electron chi connectivity index (χ3n) is 2.93. The van der Waals surface area contributed by atoms with Crippen molar-refractivity contribution < 1.29 is 14.3 Å². The predicted octanol–water partition coefficient (Wildman–Crippen LogP) is 2.30. The van der Waals surface area contributed by atoms with Crippen LogP contribution in [0.4, 0.5) is 10.8 Å². The summed E-state index contributed by atoms with van der Waals surface area (Å²) < 4.78 is 10.5. The van der Waals surface area contributed by atoms with Crippen LogP contribution in [0.1, 0.15) is 11.9 Å². The molecule has 0 saturated heterocycles. The molecular formula is C14H18N4O3S. The summed E-state index contributed by atoms with van der Waals surface area (Å²) in [6.07, 6.45) is 0. The van der Waals surface area contributed by atoms with Gasteiger partial charge in [-0.05, 0) is 26.0 Å². The zero-order chi connectivity index (χ0) is 16.1. The maximum absolute atomic E-state index is 12.2. The van der Waals surface area contributed by atoms with E-state index >= 15 is 0 Å². The first-order valence-corrected chi connectivity index (χ1v) is 7.44. The molecule has 1 heterocycles. The molecule has 1 aromatic carbocycles. The van der Waals surface area contributed by atoms with E-state index in [1.807, 2.05) is 6.92 Å². The Kier molecular flexibility index (Phi) is 5.16. The van der Waals surface area contributed by atoms with Gasteiger partial charge in [0.15, 0.2) is 0 Å². The average Bonchev–Trinajstić information content (AvgIpc) is 2.92. The number of ether oxygens (including phenoxy) is 2. The monoisotopic (exact) mass is 322 g/mol. The molecule has 0 saturated carbocycles. The number of amides is 1. The number of aromatic nitrogens is 2. The maximum Gasteiger partial charge on any atom is 0.248 e. The first kappa shape index (κ1) is 16.0. The van der Waals surface area contributed by atoms with E-state index in [2.05, 4.69) is 20.8 Å². The molecule has 7 nitrogen and oxygen atoms in total. The summed E-state index contributed by atoms with van der Waals surface area (Å²) in [5, 5.41) is 14.8. The van der Waals surface area contributed by atoms with Crippen LogP contribution in [0.25, 0.3) is 0 Å². The van der Waals surface area contributed by atoms with Crippen molar-refractivity contribution in [3.05, 3.63) is 23.2 Å². The number of hydrogen-bond acceptors (Lipinski definition) is 7. The fourth-order valence-electron chi connectivity index (χ4n) is 1.79. The zero-order valence-electron chi connectivity index (χ0n) is 12.8. The van der Waals surface area contributed by atoms with Crippen molar-refractivity contribution >= 4 is 28.1 Å². The minimum atomic E-state index is -0.481. The highest BCUT2D eigenvalue weighted by Crippen LogP contribution is 2.29. The molecule has 118 valence electrons. The van der Waals surface area contributed by atoms with Gasteiger partial charge in [0.25, 0.3) is 0 Å². The van der Waals surface area contributed by atoms with Crippen LogP contribution < -0.4 is 20.1 Å². The van der Waals surface area contributed by atoms with Gasteiger partial charge in [0.1, 0.15) is 22.5 Å². The van der Waals surface area contributed by atoms with Gasteiger partial charge in [-0.1, -0.05) is 11.3 Å². The molecule has 2 aromatic rings. The number of nitrogens with zero attached hydrogens (tertiary/aromatic N) is 2. The lowest BCUT2D eigenvalue weighted by Crippen LogP contribution is -2.32. The lowest BCUT2D eigenvalue weighted by atomic mass is 10.2. The molecule has 0 spiro atoms. The van der Waals surface area contributed by atoms with Gasteiger partial charge < -0.3 is 14.8 Å². The standard InChI is InChI=1S/C14H18N4O3S/c1-8(13(19)16-14-18-17-9(2)22-14)15-11-7-10(20-3)5-6-12(11)21-4/h5-8,15H,1-4H3,(H,16,18,19). The van der Waals surface area contributed by atoms with Gasteiger partial charge >= 0.3 is 0 Å². The predicted molar refractivity (Wildman–Crippen MR) is 85.9 cm³/mol. The number of carbonyl (C=O) groups excluding carboxylic acids is 1. The van der Waals surface area contributed by atoms with Gasteiger partial charge in [0.05, 0.1) is 19.9 Å². The SMILES string of the molecule is COc1ccc(OC)c(NC(C)C(=O)Nc2nnc(C)s2)c1. The molecule has 0 aliphatic rings. The second-order valence-corrected chi connectivity index (χ2v) is 5.73. The van der Waals surface area contributed by atoms with Crippen molar-refractivity contribution in [2.24, 2.45) is 0 Å². The average molecular weight is 322 g/mol. The van der Waals surface area contributed by atoms with Crippen LogP contribution in [0.3, 0.4) is 0 Å². The van der Waals surface area contributed by atoms with Gasteiger partial charge in [0.2, 0.25) is 11.0 Å². The Morgan fingerprint density at radius 2 is 2.05 bits per heavy atom. The highest BCUT2D eigenvalue weighted by molar-refractivity contribution is 7.15. The Morgan fingerprint density at radius 3 is 2.64 bits per heavy atom. The van der Waals surface area contributed by atoms with Crippen LogP contribution >= 0.6 is 11.3 Å². The van der Waals surface area contributed by atoms with E-state index in [4.69, 9.17) is 9.47 Å². The summed E-state index contributed by atoms with van der Waals surface area (Å²) >= 11 is 1.33. The number of benzene rings is 1. The normalized spacial score (nSPS) is 11.6. The number of anilines is 2. The number of hydrogen-bond donors (Lipinski definition) is 2. The first-order valence-electron chi connectivity index (χ1n) is 6.63. The van der Waals surface area contributed by atoms with E-state index in [1.165, 1.54) is 11.3 Å². The molecule has 1 unspecified atom stereocenters. The fraction of sp³-hybridized carbons (Fsp3) is 0.357. The van der Waals surface area contributed by atoms with Crippen molar-refractivity contribution in [2.45, 2.75) is 19.9 Å². The molecule has 0 aliphatic carbocycles. The second kappa shape index (κ2) is 7.08. The number of nitrogens with one attached hydrogen (secondary N) is 2. The molecule has 1 amide bonds. The topological polar surface area (TPSA) is 85.4 Å². The highest BCUT2D eigenvalue weighted by atomic mass is 32.1. The van der Waals surface area contributed by atoms with Gasteiger partial charge in [-0.15, -0.1) is 10.2 Å². The molecule has 22 heavy (non-hydrogen) atoms. The summed E-state index contributed by atoms with van der Waals surface area (Å²) in [5.74, 6) is 1.10.